The third kappa shape index (κ3) is 5.30. The van der Waals surface area contributed by atoms with E-state index >= 15 is 0 Å². The second-order valence-electron chi connectivity index (χ2n) is 15.9. The van der Waals surface area contributed by atoms with Crippen LogP contribution in [0.2, 0.25) is 0 Å². The van der Waals surface area contributed by atoms with Gasteiger partial charge in [0, 0.05) is 54.8 Å². The zero-order valence-corrected chi connectivity index (χ0v) is 33.3. The van der Waals surface area contributed by atoms with Gasteiger partial charge in [0.25, 0.3) is 0 Å². The van der Waals surface area contributed by atoms with Gasteiger partial charge in [-0.25, -0.2) is 20.0 Å². The van der Waals surface area contributed by atoms with Crippen molar-refractivity contribution in [1.29, 1.82) is 0 Å². The monoisotopic (exact) mass is 790 g/mol. The largest absolute Gasteiger partial charge is 0.309 e. The normalized spacial score (nSPS) is 14.4. The number of hydrogen-bond acceptors (Lipinski definition) is 4. The molecule has 0 spiro atoms. The molecule has 1 aliphatic rings. The van der Waals surface area contributed by atoms with Crippen molar-refractivity contribution in [3.63, 3.8) is 0 Å². The van der Waals surface area contributed by atoms with Gasteiger partial charge in [0.2, 0.25) is 0 Å². The van der Waals surface area contributed by atoms with Crippen molar-refractivity contribution in [3.8, 4) is 11.4 Å². The summed E-state index contributed by atoms with van der Waals surface area (Å²) in [7, 11) is 0. The van der Waals surface area contributed by atoms with E-state index in [9.17, 15) is 0 Å². The lowest BCUT2D eigenvalue weighted by molar-refractivity contribution is 1.18. The Kier molecular flexibility index (Phi) is 7.50. The molecule has 12 aromatic rings. The van der Waals surface area contributed by atoms with Crippen LogP contribution in [0.1, 0.15) is 22.5 Å². The van der Waals surface area contributed by atoms with E-state index in [0.29, 0.717) is 11.4 Å². The number of benzene rings is 8. The van der Waals surface area contributed by atoms with Gasteiger partial charge >= 0.3 is 0 Å². The summed E-state index contributed by atoms with van der Waals surface area (Å²) in [6.45, 7) is 0. The summed E-state index contributed by atoms with van der Waals surface area (Å²) in [5.41, 5.74) is 14.8. The van der Waals surface area contributed by atoms with E-state index in [1.807, 2.05) is 24.3 Å². The molecule has 0 fully saturated rings. The highest BCUT2D eigenvalue weighted by Crippen LogP contribution is 2.38. The van der Waals surface area contributed by atoms with Gasteiger partial charge in [-0.3, -0.25) is 0 Å². The standard InChI is InChI=1S/C56H34N6/c1-7-19-45-37(13-1)33-47-55(57-45)53(35-25-29-39(30-26-35)61-49-21-9-3-15-41(49)42-16-4-10-22-50(42)61)60-48-34-38-14-2-8-20-46(38)58-56(48)54(59-47)36-27-31-40(32-28-36)62-51-23-11-5-17-43(51)44-18-6-12-24-52(44)62/h1-34H/b55-53?,56-54?,59-47?,59-54-,60-48?,60-53-. The van der Waals surface area contributed by atoms with Crippen molar-refractivity contribution in [1.82, 2.24) is 19.1 Å². The smallest absolute Gasteiger partial charge is 0.116 e. The Morgan fingerprint density at radius 3 is 1.00 bits per heavy atom. The van der Waals surface area contributed by atoms with Crippen molar-refractivity contribution >= 4 is 88.2 Å². The lowest BCUT2D eigenvalue weighted by atomic mass is 9.99. The lowest BCUT2D eigenvalue weighted by Crippen LogP contribution is -2.13. The Morgan fingerprint density at radius 1 is 0.306 bits per heavy atom. The molecule has 0 bridgehead atoms. The summed E-state index contributed by atoms with van der Waals surface area (Å²) in [6.07, 6.45) is 0. The van der Waals surface area contributed by atoms with E-state index in [1.165, 1.54) is 43.6 Å². The number of rotatable bonds is 4. The molecule has 13 rings (SSSR count). The molecule has 1 aliphatic heterocycles. The molecular weight excluding hydrogens is 757 g/mol. The van der Waals surface area contributed by atoms with Crippen LogP contribution in [-0.2, 0) is 0 Å². The Hall–Kier alpha value is -8.48. The third-order valence-corrected chi connectivity index (χ3v) is 12.3. The fraction of sp³-hybridized carbons (Fsp3) is 0. The minimum atomic E-state index is 0.714. The summed E-state index contributed by atoms with van der Waals surface area (Å²) in [5, 5.41) is 6.93. The average molecular weight is 791 g/mol. The average Bonchev–Trinajstić information content (AvgIpc) is 3.85. The van der Waals surface area contributed by atoms with Gasteiger partial charge in [0.15, 0.2) is 0 Å². The summed E-state index contributed by atoms with van der Waals surface area (Å²) < 4.78 is 4.67. The van der Waals surface area contributed by atoms with Crippen molar-refractivity contribution in [2.45, 2.75) is 0 Å². The van der Waals surface area contributed by atoms with Crippen molar-refractivity contribution in [2.75, 3.05) is 0 Å². The quantitative estimate of drug-likeness (QED) is 0.178. The number of fused-ring (bicyclic) bond motifs is 10. The number of aromatic nitrogens is 4. The van der Waals surface area contributed by atoms with Gasteiger partial charge in [-0.05, 0) is 72.8 Å². The van der Waals surface area contributed by atoms with Gasteiger partial charge in [0.05, 0.1) is 55.9 Å². The first-order valence-electron chi connectivity index (χ1n) is 20.9. The predicted octanol–water partition coefficient (Wildman–Crippen LogP) is 13.6. The zero-order valence-electron chi connectivity index (χ0n) is 33.3. The van der Waals surface area contributed by atoms with Crippen LogP contribution in [0.15, 0.2) is 216 Å². The van der Waals surface area contributed by atoms with Gasteiger partial charge in [-0.1, -0.05) is 133 Å². The molecule has 0 amide bonds. The van der Waals surface area contributed by atoms with Crippen molar-refractivity contribution in [2.24, 2.45) is 9.98 Å². The fourth-order valence-electron chi connectivity index (χ4n) is 9.42. The van der Waals surface area contributed by atoms with Crippen molar-refractivity contribution < 1.29 is 0 Å². The van der Waals surface area contributed by atoms with E-state index in [1.54, 1.807) is 0 Å². The molecular formula is C56H34N6. The van der Waals surface area contributed by atoms with Gasteiger partial charge in [-0.2, -0.15) is 0 Å². The van der Waals surface area contributed by atoms with Crippen LogP contribution in [-0.4, -0.2) is 30.5 Å². The second-order valence-corrected chi connectivity index (χ2v) is 15.9. The number of nitrogens with zero attached hydrogens (tertiary/aromatic N) is 6. The van der Waals surface area contributed by atoms with Crippen LogP contribution in [0.4, 0.5) is 11.4 Å². The van der Waals surface area contributed by atoms with Crippen molar-refractivity contribution in [3.05, 3.63) is 229 Å². The Balaban J connectivity index is 1.01. The van der Waals surface area contributed by atoms with Gasteiger partial charge in [0.1, 0.15) is 11.4 Å². The molecule has 8 aromatic carbocycles. The maximum atomic E-state index is 5.56. The van der Waals surface area contributed by atoms with Crippen LogP contribution in [0.3, 0.4) is 0 Å². The maximum absolute atomic E-state index is 5.56. The predicted molar refractivity (Wildman–Crippen MR) is 256 cm³/mol. The first kappa shape index (κ1) is 34.4. The first-order valence-corrected chi connectivity index (χ1v) is 20.9. The van der Waals surface area contributed by atoms with Crippen LogP contribution in [0.25, 0.3) is 76.8 Å². The third-order valence-electron chi connectivity index (χ3n) is 12.3. The highest BCUT2D eigenvalue weighted by molar-refractivity contribution is 6.23. The van der Waals surface area contributed by atoms with E-state index in [4.69, 9.17) is 20.0 Å². The highest BCUT2D eigenvalue weighted by Gasteiger charge is 2.24. The number of aliphatic imine (C=N–C) groups is 2. The molecule has 0 radical (unpaired) electrons. The second kappa shape index (κ2) is 13.5. The molecule has 62 heavy (non-hydrogen) atoms. The molecule has 0 saturated heterocycles. The molecule has 0 atom stereocenters. The Labute approximate surface area is 356 Å². The number of pyridine rings is 2. The summed E-state index contributed by atoms with van der Waals surface area (Å²) in [5.74, 6) is 0. The molecule has 0 unspecified atom stereocenters. The topological polar surface area (TPSA) is 60.4 Å². The first-order chi connectivity index (χ1) is 30.7. The highest BCUT2D eigenvalue weighted by atomic mass is 15.0. The van der Waals surface area contributed by atoms with Crippen LogP contribution >= 0.6 is 0 Å². The van der Waals surface area contributed by atoms with Crippen LogP contribution < -0.4 is 0 Å². The summed E-state index contributed by atoms with van der Waals surface area (Å²) >= 11 is 0. The zero-order chi connectivity index (χ0) is 40.7. The molecule has 0 N–H and O–H groups in total. The fourth-order valence-corrected chi connectivity index (χ4v) is 9.42. The lowest BCUT2D eigenvalue weighted by Gasteiger charge is -2.19. The maximum Gasteiger partial charge on any atom is 0.116 e. The molecule has 288 valence electrons. The molecule has 4 aromatic heterocycles. The molecule has 5 heterocycles. The van der Waals surface area contributed by atoms with E-state index in [2.05, 4.69) is 191 Å². The SMILES string of the molecule is c1ccc2nc3c(cc2c1)/N=C(/c1ccc(-n2c4ccccc4c4ccccc42)cc1)c1nc2ccccc2cc1/N=C\3c1ccc(-n2c3ccccc3c3ccccc32)cc1. The van der Waals surface area contributed by atoms with E-state index in [0.717, 1.165) is 67.1 Å². The van der Waals surface area contributed by atoms with Gasteiger partial charge in [-0.15, -0.1) is 0 Å². The van der Waals surface area contributed by atoms with Crippen LogP contribution in [0, 0.1) is 0 Å². The molecule has 0 aliphatic carbocycles. The van der Waals surface area contributed by atoms with E-state index in [-0.39, 0.29) is 0 Å². The molecule has 6 nitrogen and oxygen atoms in total. The van der Waals surface area contributed by atoms with E-state index < -0.39 is 0 Å². The summed E-state index contributed by atoms with van der Waals surface area (Å²) in [6, 6.07) is 72.5. The Bertz CT molecular complexity index is 3490. The summed E-state index contributed by atoms with van der Waals surface area (Å²) in [4.78, 5) is 21.8. The minimum absolute atomic E-state index is 0.714. The number of hydrogen-bond donors (Lipinski definition) is 0. The molecule has 0 saturated carbocycles. The van der Waals surface area contributed by atoms with Crippen LogP contribution in [0.5, 0.6) is 0 Å². The van der Waals surface area contributed by atoms with Gasteiger partial charge < -0.3 is 9.13 Å². The Morgan fingerprint density at radius 2 is 0.629 bits per heavy atom. The minimum Gasteiger partial charge on any atom is -0.309 e. The molecule has 6 heteroatoms. The number of para-hydroxylation sites is 6.